The number of thiazole rings is 1. The van der Waals surface area contributed by atoms with Gasteiger partial charge in [0, 0.05) is 23.5 Å². The van der Waals surface area contributed by atoms with E-state index in [1.807, 2.05) is 5.38 Å². The van der Waals surface area contributed by atoms with Crippen LogP contribution in [-0.4, -0.2) is 23.0 Å². The van der Waals surface area contributed by atoms with Crippen molar-refractivity contribution in [2.75, 3.05) is 7.05 Å². The summed E-state index contributed by atoms with van der Waals surface area (Å²) in [6.07, 6.45) is 2.40. The van der Waals surface area contributed by atoms with E-state index >= 15 is 0 Å². The van der Waals surface area contributed by atoms with Crippen molar-refractivity contribution in [2.45, 2.75) is 45.2 Å². The van der Waals surface area contributed by atoms with Crippen LogP contribution in [0.15, 0.2) is 29.6 Å². The van der Waals surface area contributed by atoms with Gasteiger partial charge in [0.15, 0.2) is 0 Å². The summed E-state index contributed by atoms with van der Waals surface area (Å²) in [4.78, 5) is 6.96. The maximum absolute atomic E-state index is 5.81. The fourth-order valence-electron chi connectivity index (χ4n) is 2.58. The molecule has 0 saturated carbocycles. The molecule has 0 spiro atoms. The molecule has 0 unspecified atom stereocenters. The summed E-state index contributed by atoms with van der Waals surface area (Å²) in [7, 11) is 2.21. The number of aromatic nitrogens is 1. The van der Waals surface area contributed by atoms with Crippen LogP contribution in [0.2, 0.25) is 0 Å². The van der Waals surface area contributed by atoms with Crippen LogP contribution < -0.4 is 0 Å². The third-order valence-corrected chi connectivity index (χ3v) is 5.10. The van der Waals surface area contributed by atoms with Crippen molar-refractivity contribution in [2.24, 2.45) is 0 Å². The van der Waals surface area contributed by atoms with Gasteiger partial charge in [0.25, 0.3) is 0 Å². The lowest BCUT2D eigenvalue weighted by atomic mass is 10.1. The van der Waals surface area contributed by atoms with E-state index in [9.17, 15) is 0 Å². The largest absolute Gasteiger partial charge is 0.299 e. The monoisotopic (exact) mass is 322 g/mol. The van der Waals surface area contributed by atoms with Crippen molar-refractivity contribution in [1.82, 2.24) is 9.88 Å². The maximum atomic E-state index is 5.81. The van der Waals surface area contributed by atoms with Crippen molar-refractivity contribution in [1.29, 1.82) is 0 Å². The molecule has 0 N–H and O–H groups in total. The zero-order valence-corrected chi connectivity index (χ0v) is 14.5. The summed E-state index contributed by atoms with van der Waals surface area (Å²) in [5.74, 6) is 0.481. The van der Waals surface area contributed by atoms with Gasteiger partial charge >= 0.3 is 0 Å². The zero-order chi connectivity index (χ0) is 15.2. The van der Waals surface area contributed by atoms with E-state index in [-0.39, 0.29) is 0 Å². The molecule has 0 radical (unpaired) electrons. The molecule has 1 aromatic heterocycles. The Morgan fingerprint density at radius 1 is 1.19 bits per heavy atom. The highest BCUT2D eigenvalue weighted by Gasteiger charge is 2.11. The Morgan fingerprint density at radius 3 is 2.38 bits per heavy atom. The van der Waals surface area contributed by atoms with Crippen molar-refractivity contribution in [3.05, 3.63) is 40.9 Å². The normalized spacial score (nSPS) is 11.5. The topological polar surface area (TPSA) is 16.1 Å². The Morgan fingerprint density at radius 2 is 1.86 bits per heavy atom. The third-order valence-electron chi connectivity index (χ3n) is 3.89. The highest BCUT2D eigenvalue weighted by atomic mass is 35.5. The predicted octanol–water partition coefficient (Wildman–Crippen LogP) is 5.17. The molecule has 2 rings (SSSR count). The Labute approximate surface area is 136 Å². The Kier molecular flexibility index (Phi) is 6.22. The fourth-order valence-corrected chi connectivity index (χ4v) is 3.64. The van der Waals surface area contributed by atoms with Gasteiger partial charge in [-0.25, -0.2) is 4.98 Å². The molecule has 0 aliphatic heterocycles. The van der Waals surface area contributed by atoms with E-state index in [2.05, 4.69) is 55.0 Å². The third kappa shape index (κ3) is 4.29. The van der Waals surface area contributed by atoms with Crippen molar-refractivity contribution in [3.63, 3.8) is 0 Å². The molecule has 0 saturated heterocycles. The molecule has 0 amide bonds. The second kappa shape index (κ2) is 7.92. The van der Waals surface area contributed by atoms with Gasteiger partial charge in [-0.05, 0) is 25.5 Å². The standard InChI is InChI=1S/C17H23ClN2S/c1-4-16(5-2)20(3)11-13-6-8-14(9-7-13)17-19-15(10-18)12-21-17/h6-9,12,16H,4-5,10-11H2,1-3H3. The molecular formula is C17H23ClN2S. The summed E-state index contributed by atoms with van der Waals surface area (Å²) in [5.41, 5.74) is 3.47. The minimum Gasteiger partial charge on any atom is -0.299 e. The van der Waals surface area contributed by atoms with E-state index in [1.165, 1.54) is 24.0 Å². The van der Waals surface area contributed by atoms with Crippen LogP contribution in [0, 0.1) is 0 Å². The molecule has 0 fully saturated rings. The SMILES string of the molecule is CCC(CC)N(C)Cc1ccc(-c2nc(CCl)cs2)cc1. The van der Waals surface area contributed by atoms with Gasteiger partial charge in [-0.3, -0.25) is 4.90 Å². The number of rotatable bonds is 7. The first-order chi connectivity index (χ1) is 10.2. The molecule has 2 aromatic rings. The van der Waals surface area contributed by atoms with Gasteiger partial charge in [-0.2, -0.15) is 0 Å². The molecule has 2 nitrogen and oxygen atoms in total. The first-order valence-electron chi connectivity index (χ1n) is 7.47. The zero-order valence-electron chi connectivity index (χ0n) is 13.0. The minimum absolute atomic E-state index is 0.481. The summed E-state index contributed by atoms with van der Waals surface area (Å²) in [6, 6.07) is 9.39. The highest BCUT2D eigenvalue weighted by molar-refractivity contribution is 7.13. The van der Waals surface area contributed by atoms with Gasteiger partial charge in [-0.1, -0.05) is 38.1 Å². The highest BCUT2D eigenvalue weighted by Crippen LogP contribution is 2.25. The van der Waals surface area contributed by atoms with Crippen LogP contribution in [0.5, 0.6) is 0 Å². The van der Waals surface area contributed by atoms with Crippen LogP contribution in [0.25, 0.3) is 10.6 Å². The van der Waals surface area contributed by atoms with E-state index in [1.54, 1.807) is 11.3 Å². The van der Waals surface area contributed by atoms with Crippen molar-refractivity contribution < 1.29 is 0 Å². The van der Waals surface area contributed by atoms with Crippen LogP contribution in [0.3, 0.4) is 0 Å². The summed E-state index contributed by atoms with van der Waals surface area (Å²) in [6.45, 7) is 5.51. The number of hydrogen-bond donors (Lipinski definition) is 0. The van der Waals surface area contributed by atoms with E-state index in [0.717, 1.165) is 17.2 Å². The van der Waals surface area contributed by atoms with Gasteiger partial charge < -0.3 is 0 Å². The molecule has 4 heteroatoms. The second-order valence-corrected chi connectivity index (χ2v) is 6.49. The molecule has 0 aliphatic rings. The molecule has 1 heterocycles. The predicted molar refractivity (Wildman–Crippen MR) is 92.9 cm³/mol. The lowest BCUT2D eigenvalue weighted by Gasteiger charge is -2.26. The quantitative estimate of drug-likeness (QED) is 0.654. The van der Waals surface area contributed by atoms with Gasteiger partial charge in [0.05, 0.1) is 11.6 Å². The number of alkyl halides is 1. The molecule has 0 atom stereocenters. The van der Waals surface area contributed by atoms with Crippen LogP contribution in [-0.2, 0) is 12.4 Å². The van der Waals surface area contributed by atoms with Crippen molar-refractivity contribution in [3.8, 4) is 10.6 Å². The summed E-state index contributed by atoms with van der Waals surface area (Å²) in [5, 5.41) is 3.07. The Bertz CT molecular complexity index is 546. The summed E-state index contributed by atoms with van der Waals surface area (Å²) < 4.78 is 0. The smallest absolute Gasteiger partial charge is 0.123 e. The number of benzene rings is 1. The molecule has 114 valence electrons. The van der Waals surface area contributed by atoms with Gasteiger partial charge in [-0.15, -0.1) is 22.9 Å². The van der Waals surface area contributed by atoms with Gasteiger partial charge in [0.1, 0.15) is 5.01 Å². The van der Waals surface area contributed by atoms with E-state index in [0.29, 0.717) is 11.9 Å². The second-order valence-electron chi connectivity index (χ2n) is 5.36. The van der Waals surface area contributed by atoms with Crippen LogP contribution in [0.1, 0.15) is 37.9 Å². The number of hydrogen-bond acceptors (Lipinski definition) is 3. The van der Waals surface area contributed by atoms with Crippen molar-refractivity contribution >= 4 is 22.9 Å². The first-order valence-corrected chi connectivity index (χ1v) is 8.89. The minimum atomic E-state index is 0.481. The first kappa shape index (κ1) is 16.5. The molecule has 0 bridgehead atoms. The molecular weight excluding hydrogens is 300 g/mol. The molecule has 1 aromatic carbocycles. The molecule has 0 aliphatic carbocycles. The van der Waals surface area contributed by atoms with Crippen LogP contribution >= 0.6 is 22.9 Å². The van der Waals surface area contributed by atoms with Crippen LogP contribution in [0.4, 0.5) is 0 Å². The Hall–Kier alpha value is -0.900. The lowest BCUT2D eigenvalue weighted by Crippen LogP contribution is -2.29. The molecule has 21 heavy (non-hydrogen) atoms. The fraction of sp³-hybridized carbons (Fsp3) is 0.471. The van der Waals surface area contributed by atoms with Gasteiger partial charge in [0.2, 0.25) is 0 Å². The van der Waals surface area contributed by atoms with E-state index in [4.69, 9.17) is 11.6 Å². The average Bonchev–Trinajstić information content (AvgIpc) is 2.98. The maximum Gasteiger partial charge on any atom is 0.123 e. The number of halogens is 1. The number of nitrogens with zero attached hydrogens (tertiary/aromatic N) is 2. The van der Waals surface area contributed by atoms with E-state index < -0.39 is 0 Å². The summed E-state index contributed by atoms with van der Waals surface area (Å²) >= 11 is 7.46. The average molecular weight is 323 g/mol. The Balaban J connectivity index is 2.05. The lowest BCUT2D eigenvalue weighted by molar-refractivity contribution is 0.222.